The number of aryl methyl sites for hydroxylation is 1. The van der Waals surface area contributed by atoms with E-state index in [1.165, 1.54) is 26.1 Å². The van der Waals surface area contributed by atoms with Crippen LogP contribution in [0.25, 0.3) is 11.1 Å². The maximum atomic E-state index is 14.0. The highest BCUT2D eigenvalue weighted by Gasteiger charge is 2.19. The number of benzene rings is 2. The second kappa shape index (κ2) is 7.05. The zero-order valence-electron chi connectivity index (χ0n) is 14.3. The van der Waals surface area contributed by atoms with Crippen LogP contribution in [0.2, 0.25) is 0 Å². The van der Waals surface area contributed by atoms with Gasteiger partial charge in [0.05, 0.1) is 12.2 Å². The lowest BCUT2D eigenvalue weighted by Crippen LogP contribution is -2.18. The zero-order valence-corrected chi connectivity index (χ0v) is 14.3. The summed E-state index contributed by atoms with van der Waals surface area (Å²) in [4.78, 5) is 23.9. The first-order valence-electron chi connectivity index (χ1n) is 8.33. The van der Waals surface area contributed by atoms with E-state index in [-0.39, 0.29) is 17.3 Å². The Morgan fingerprint density at radius 2 is 1.84 bits per heavy atom. The molecule has 0 radical (unpaired) electrons. The minimum Gasteiger partial charge on any atom is -0.493 e. The van der Waals surface area contributed by atoms with Crippen molar-refractivity contribution in [3.8, 4) is 16.9 Å². The van der Waals surface area contributed by atoms with E-state index in [4.69, 9.17) is 4.74 Å². The molecule has 0 saturated carbocycles. The van der Waals surface area contributed by atoms with E-state index in [9.17, 15) is 14.0 Å². The molecule has 5 heteroatoms. The number of nitrogens with one attached hydrogen (secondary N) is 1. The molecule has 1 aliphatic rings. The SMILES string of the molecule is CNC(=O)c1cc(F)cc(-c2cc3c(c(C(C)=O)c2)OCCCC3)c1. The monoisotopic (exact) mass is 341 g/mol. The summed E-state index contributed by atoms with van der Waals surface area (Å²) in [6, 6.07) is 7.84. The Kier molecular flexibility index (Phi) is 4.83. The lowest BCUT2D eigenvalue weighted by atomic mass is 9.94. The van der Waals surface area contributed by atoms with E-state index >= 15 is 0 Å². The van der Waals surface area contributed by atoms with Gasteiger partial charge in [-0.2, -0.15) is 0 Å². The Hall–Kier alpha value is -2.69. The van der Waals surface area contributed by atoms with Gasteiger partial charge in [-0.25, -0.2) is 4.39 Å². The number of carbonyl (C=O) groups excluding carboxylic acids is 2. The van der Waals surface area contributed by atoms with E-state index in [0.29, 0.717) is 29.0 Å². The lowest BCUT2D eigenvalue weighted by molar-refractivity contribution is 0.0961. The smallest absolute Gasteiger partial charge is 0.251 e. The van der Waals surface area contributed by atoms with E-state index < -0.39 is 5.82 Å². The third-order valence-electron chi connectivity index (χ3n) is 4.35. The molecule has 0 aliphatic carbocycles. The van der Waals surface area contributed by atoms with E-state index in [0.717, 1.165) is 24.8 Å². The van der Waals surface area contributed by atoms with Gasteiger partial charge in [0.1, 0.15) is 11.6 Å². The molecule has 1 aliphatic heterocycles. The number of hydrogen-bond donors (Lipinski definition) is 1. The predicted molar refractivity (Wildman–Crippen MR) is 93.7 cm³/mol. The Bertz CT molecular complexity index is 845. The highest BCUT2D eigenvalue weighted by Crippen LogP contribution is 2.34. The van der Waals surface area contributed by atoms with Crippen molar-refractivity contribution in [2.45, 2.75) is 26.2 Å². The van der Waals surface area contributed by atoms with Crippen molar-refractivity contribution >= 4 is 11.7 Å². The largest absolute Gasteiger partial charge is 0.493 e. The molecule has 0 fully saturated rings. The molecule has 0 bridgehead atoms. The van der Waals surface area contributed by atoms with Crippen LogP contribution in [0.4, 0.5) is 4.39 Å². The summed E-state index contributed by atoms with van der Waals surface area (Å²) in [6.07, 6.45) is 2.71. The minimum atomic E-state index is -0.494. The van der Waals surface area contributed by atoms with Crippen LogP contribution in [0.1, 0.15) is 46.0 Å². The summed E-state index contributed by atoms with van der Waals surface area (Å²) in [5.41, 5.74) is 2.96. The quantitative estimate of drug-likeness (QED) is 0.865. The summed E-state index contributed by atoms with van der Waals surface area (Å²) in [5, 5.41) is 2.50. The molecule has 0 saturated heterocycles. The number of rotatable bonds is 3. The highest BCUT2D eigenvalue weighted by atomic mass is 19.1. The van der Waals surface area contributed by atoms with Crippen LogP contribution in [0.3, 0.4) is 0 Å². The molecule has 130 valence electrons. The molecular weight excluding hydrogens is 321 g/mol. The summed E-state index contributed by atoms with van der Waals surface area (Å²) >= 11 is 0. The van der Waals surface area contributed by atoms with Crippen LogP contribution in [0.5, 0.6) is 5.75 Å². The van der Waals surface area contributed by atoms with Gasteiger partial charge in [-0.15, -0.1) is 0 Å². The maximum Gasteiger partial charge on any atom is 0.251 e. The molecule has 25 heavy (non-hydrogen) atoms. The third kappa shape index (κ3) is 3.55. The second-order valence-electron chi connectivity index (χ2n) is 6.18. The minimum absolute atomic E-state index is 0.0945. The predicted octanol–water partition coefficient (Wildman–Crippen LogP) is 3.77. The molecule has 0 atom stereocenters. The fraction of sp³-hybridized carbons (Fsp3) is 0.300. The number of amides is 1. The molecule has 0 unspecified atom stereocenters. The van der Waals surface area contributed by atoms with Crippen molar-refractivity contribution in [3.63, 3.8) is 0 Å². The van der Waals surface area contributed by atoms with Gasteiger partial charge in [-0.1, -0.05) is 0 Å². The number of fused-ring (bicyclic) bond motifs is 1. The van der Waals surface area contributed by atoms with Gasteiger partial charge in [0.2, 0.25) is 0 Å². The summed E-state index contributed by atoms with van der Waals surface area (Å²) in [5.74, 6) is -0.308. The standard InChI is InChI=1S/C20H20FNO3/c1-12(23)18-11-15(7-13-5-3-4-6-25-19(13)18)14-8-16(20(24)22-2)10-17(21)9-14/h7-11H,3-6H2,1-2H3,(H,22,24). The molecule has 1 amide bonds. The van der Waals surface area contributed by atoms with Crippen molar-refractivity contribution in [1.82, 2.24) is 5.32 Å². The summed E-state index contributed by atoms with van der Waals surface area (Å²) in [7, 11) is 1.50. The average Bonchev–Trinajstić information content (AvgIpc) is 2.84. The van der Waals surface area contributed by atoms with Crippen molar-refractivity contribution in [2.24, 2.45) is 0 Å². The highest BCUT2D eigenvalue weighted by molar-refractivity contribution is 5.99. The molecule has 3 rings (SSSR count). The van der Waals surface area contributed by atoms with Gasteiger partial charge in [0, 0.05) is 12.6 Å². The number of ether oxygens (including phenoxy) is 1. The number of ketones is 1. The fourth-order valence-corrected chi connectivity index (χ4v) is 3.10. The van der Waals surface area contributed by atoms with Crippen LogP contribution in [-0.4, -0.2) is 25.3 Å². The van der Waals surface area contributed by atoms with Gasteiger partial charge in [0.25, 0.3) is 5.91 Å². The first-order chi connectivity index (χ1) is 12.0. The van der Waals surface area contributed by atoms with Gasteiger partial charge in [-0.05, 0) is 73.2 Å². The van der Waals surface area contributed by atoms with Crippen LogP contribution < -0.4 is 10.1 Å². The second-order valence-corrected chi connectivity index (χ2v) is 6.18. The fourth-order valence-electron chi connectivity index (χ4n) is 3.10. The van der Waals surface area contributed by atoms with E-state index in [1.807, 2.05) is 6.07 Å². The first-order valence-corrected chi connectivity index (χ1v) is 8.33. The van der Waals surface area contributed by atoms with Crippen LogP contribution >= 0.6 is 0 Å². The summed E-state index contributed by atoms with van der Waals surface area (Å²) in [6.45, 7) is 2.09. The molecule has 0 aromatic heterocycles. The number of hydrogen-bond acceptors (Lipinski definition) is 3. The zero-order chi connectivity index (χ0) is 18.0. The van der Waals surface area contributed by atoms with Gasteiger partial charge >= 0.3 is 0 Å². The first kappa shape index (κ1) is 17.1. The molecule has 2 aromatic rings. The Morgan fingerprint density at radius 3 is 2.56 bits per heavy atom. The Morgan fingerprint density at radius 1 is 1.08 bits per heavy atom. The lowest BCUT2D eigenvalue weighted by Gasteiger charge is -2.14. The number of carbonyl (C=O) groups is 2. The molecule has 1 heterocycles. The van der Waals surface area contributed by atoms with Crippen molar-refractivity contribution in [1.29, 1.82) is 0 Å². The third-order valence-corrected chi connectivity index (χ3v) is 4.35. The van der Waals surface area contributed by atoms with Crippen LogP contribution in [0, 0.1) is 5.82 Å². The molecule has 0 spiro atoms. The van der Waals surface area contributed by atoms with E-state index in [1.54, 1.807) is 12.1 Å². The molecule has 4 nitrogen and oxygen atoms in total. The molecule has 1 N–H and O–H groups in total. The summed E-state index contributed by atoms with van der Waals surface area (Å²) < 4.78 is 19.8. The maximum absolute atomic E-state index is 14.0. The van der Waals surface area contributed by atoms with Crippen LogP contribution in [-0.2, 0) is 6.42 Å². The Labute approximate surface area is 146 Å². The average molecular weight is 341 g/mol. The number of halogens is 1. The van der Waals surface area contributed by atoms with Crippen LogP contribution in [0.15, 0.2) is 30.3 Å². The van der Waals surface area contributed by atoms with Gasteiger partial charge in [0.15, 0.2) is 5.78 Å². The molecular formula is C20H20FNO3. The van der Waals surface area contributed by atoms with E-state index in [2.05, 4.69) is 5.32 Å². The normalized spacial score (nSPS) is 13.4. The van der Waals surface area contributed by atoms with Crippen molar-refractivity contribution < 1.29 is 18.7 Å². The topological polar surface area (TPSA) is 55.4 Å². The Balaban J connectivity index is 2.16. The molecule has 2 aromatic carbocycles. The van der Waals surface area contributed by atoms with Gasteiger partial charge in [-0.3, -0.25) is 9.59 Å². The number of Topliss-reactive ketones (excluding diaryl/α,β-unsaturated/α-hetero) is 1. The van der Waals surface area contributed by atoms with Gasteiger partial charge < -0.3 is 10.1 Å². The van der Waals surface area contributed by atoms with Crippen molar-refractivity contribution in [3.05, 3.63) is 52.8 Å². The van der Waals surface area contributed by atoms with Crippen molar-refractivity contribution in [2.75, 3.05) is 13.7 Å².